The first kappa shape index (κ1) is 16.8. The van der Waals surface area contributed by atoms with E-state index in [1.807, 2.05) is 42.9 Å². The molecule has 0 saturated heterocycles. The molecule has 0 radical (unpaired) electrons. The summed E-state index contributed by atoms with van der Waals surface area (Å²) >= 11 is 0. The maximum atomic E-state index is 9.55. The summed E-state index contributed by atoms with van der Waals surface area (Å²) in [5, 5.41) is 9.55. The summed E-state index contributed by atoms with van der Waals surface area (Å²) in [7, 11) is 2.04. The fourth-order valence-corrected chi connectivity index (χ4v) is 3.19. The molecule has 0 saturated carbocycles. The molecule has 0 spiro atoms. The van der Waals surface area contributed by atoms with E-state index in [1.165, 1.54) is 0 Å². The van der Waals surface area contributed by atoms with Crippen LogP contribution in [0.15, 0.2) is 43.0 Å². The molecular weight excluding hydrogens is 310 g/mol. The predicted octanol–water partition coefficient (Wildman–Crippen LogP) is 2.72. The van der Waals surface area contributed by atoms with Gasteiger partial charge in [0.15, 0.2) is 0 Å². The Labute approximate surface area is 148 Å². The summed E-state index contributed by atoms with van der Waals surface area (Å²) in [6, 6.07) is 8.44. The van der Waals surface area contributed by atoms with E-state index in [-0.39, 0.29) is 0 Å². The Morgan fingerprint density at radius 1 is 1.20 bits per heavy atom. The van der Waals surface area contributed by atoms with Gasteiger partial charge in [0.05, 0.1) is 30.3 Å². The largest absolute Gasteiger partial charge is 0.300 e. The fraction of sp³-hybridized carbons (Fsp3) is 0.300. The quantitative estimate of drug-likeness (QED) is 0.692. The van der Waals surface area contributed by atoms with Gasteiger partial charge in [0.2, 0.25) is 0 Å². The van der Waals surface area contributed by atoms with E-state index >= 15 is 0 Å². The average molecular weight is 333 g/mol. The van der Waals surface area contributed by atoms with Crippen molar-refractivity contribution in [1.82, 2.24) is 9.55 Å². The molecule has 1 aromatic carbocycles. The molecule has 5 heteroatoms. The van der Waals surface area contributed by atoms with Crippen molar-refractivity contribution in [3.05, 3.63) is 59.9 Å². The normalized spacial score (nSPS) is 10.9. The standard InChI is InChI=1S/C20H23N5/c1-14(2)24-10-9-23(5)20(24)18-11-17(13-21)12-19(15(18)3)25-8-6-7-22-16(25)4/h6-12,14H,1-5H3/q+2. The second-order valence-electron chi connectivity index (χ2n) is 6.55. The van der Waals surface area contributed by atoms with Gasteiger partial charge < -0.3 is 0 Å². The molecule has 0 aliphatic heterocycles. The van der Waals surface area contributed by atoms with Crippen molar-refractivity contribution in [2.24, 2.45) is 7.05 Å². The van der Waals surface area contributed by atoms with Gasteiger partial charge in [0.1, 0.15) is 30.5 Å². The monoisotopic (exact) mass is 333 g/mol. The maximum absolute atomic E-state index is 9.55. The van der Waals surface area contributed by atoms with Gasteiger partial charge in [-0.1, -0.05) is 4.98 Å². The molecule has 3 aromatic rings. The Hall–Kier alpha value is -3.00. The second-order valence-corrected chi connectivity index (χ2v) is 6.55. The van der Waals surface area contributed by atoms with Gasteiger partial charge in [-0.05, 0) is 26.8 Å². The molecule has 0 bridgehead atoms. The van der Waals surface area contributed by atoms with Gasteiger partial charge in [0, 0.05) is 24.6 Å². The third kappa shape index (κ3) is 2.91. The summed E-state index contributed by atoms with van der Waals surface area (Å²) in [5.41, 5.74) is 3.81. The van der Waals surface area contributed by atoms with Crippen LogP contribution in [-0.2, 0) is 7.05 Å². The predicted molar refractivity (Wildman–Crippen MR) is 94.9 cm³/mol. The first-order valence-corrected chi connectivity index (χ1v) is 8.39. The van der Waals surface area contributed by atoms with Crippen LogP contribution in [-0.4, -0.2) is 9.55 Å². The zero-order chi connectivity index (χ0) is 18.1. The number of nitriles is 1. The minimum Gasteiger partial charge on any atom is -0.233 e. The molecule has 0 unspecified atom stereocenters. The van der Waals surface area contributed by atoms with Crippen LogP contribution in [0.25, 0.3) is 17.1 Å². The van der Waals surface area contributed by atoms with Gasteiger partial charge in [-0.3, -0.25) is 0 Å². The van der Waals surface area contributed by atoms with E-state index in [4.69, 9.17) is 0 Å². The van der Waals surface area contributed by atoms with Crippen LogP contribution < -0.4 is 9.13 Å². The van der Waals surface area contributed by atoms with Crippen LogP contribution in [0.1, 0.15) is 36.8 Å². The lowest BCUT2D eigenvalue weighted by atomic mass is 10.0. The number of benzene rings is 1. The molecule has 0 atom stereocenters. The summed E-state index contributed by atoms with van der Waals surface area (Å²) in [4.78, 5) is 4.38. The van der Waals surface area contributed by atoms with Crippen LogP contribution >= 0.6 is 0 Å². The number of nitrogens with zero attached hydrogens (tertiary/aromatic N) is 5. The smallest absolute Gasteiger partial charge is 0.233 e. The van der Waals surface area contributed by atoms with Gasteiger partial charge in [0.25, 0.3) is 11.6 Å². The molecular formula is C20H23N5+2. The van der Waals surface area contributed by atoms with Crippen molar-refractivity contribution in [1.29, 1.82) is 5.26 Å². The molecule has 5 nitrogen and oxygen atoms in total. The highest BCUT2D eigenvalue weighted by molar-refractivity contribution is 5.65. The third-order valence-electron chi connectivity index (χ3n) is 4.53. The molecule has 3 rings (SSSR count). The van der Waals surface area contributed by atoms with Crippen LogP contribution in [0.5, 0.6) is 0 Å². The first-order chi connectivity index (χ1) is 11.9. The van der Waals surface area contributed by atoms with Crippen molar-refractivity contribution < 1.29 is 9.13 Å². The Kier molecular flexibility index (Phi) is 4.37. The van der Waals surface area contributed by atoms with E-state index in [1.54, 1.807) is 6.20 Å². The van der Waals surface area contributed by atoms with Gasteiger partial charge in [-0.15, -0.1) is 0 Å². The highest BCUT2D eigenvalue weighted by atomic mass is 15.1. The molecule has 0 N–H and O–H groups in total. The van der Waals surface area contributed by atoms with E-state index in [9.17, 15) is 5.26 Å². The highest BCUT2D eigenvalue weighted by Crippen LogP contribution is 2.27. The Balaban J connectivity index is 2.34. The van der Waals surface area contributed by atoms with E-state index in [0.29, 0.717) is 11.6 Å². The molecule has 0 aliphatic carbocycles. The van der Waals surface area contributed by atoms with Crippen molar-refractivity contribution >= 4 is 0 Å². The average Bonchev–Trinajstić information content (AvgIpc) is 2.97. The summed E-state index contributed by atoms with van der Waals surface area (Å²) in [5.74, 6) is 1.98. The summed E-state index contributed by atoms with van der Waals surface area (Å²) < 4.78 is 6.37. The Morgan fingerprint density at radius 2 is 1.96 bits per heavy atom. The number of imidazole rings is 1. The van der Waals surface area contributed by atoms with Crippen LogP contribution in [0, 0.1) is 25.2 Å². The molecule has 2 aromatic heterocycles. The number of hydrogen-bond donors (Lipinski definition) is 0. The molecule has 126 valence electrons. The number of rotatable bonds is 3. The van der Waals surface area contributed by atoms with Gasteiger partial charge in [-0.25, -0.2) is 13.7 Å². The van der Waals surface area contributed by atoms with Crippen molar-refractivity contribution in [3.8, 4) is 23.1 Å². The SMILES string of the molecule is Cc1c(-c2n(C(C)C)cc[n+]2C)cc(C#N)cc1-[n+]1cccnc1C. The fourth-order valence-electron chi connectivity index (χ4n) is 3.19. The minimum absolute atomic E-state index is 0.331. The zero-order valence-electron chi connectivity index (χ0n) is 15.4. The van der Waals surface area contributed by atoms with Gasteiger partial charge in [-0.2, -0.15) is 5.26 Å². The lowest BCUT2D eigenvalue weighted by Gasteiger charge is -2.12. The van der Waals surface area contributed by atoms with E-state index in [2.05, 4.69) is 53.4 Å². The molecule has 0 fully saturated rings. The molecule has 25 heavy (non-hydrogen) atoms. The first-order valence-electron chi connectivity index (χ1n) is 8.39. The van der Waals surface area contributed by atoms with Crippen LogP contribution in [0.3, 0.4) is 0 Å². The van der Waals surface area contributed by atoms with E-state index < -0.39 is 0 Å². The highest BCUT2D eigenvalue weighted by Gasteiger charge is 2.25. The third-order valence-corrected chi connectivity index (χ3v) is 4.53. The lowest BCUT2D eigenvalue weighted by molar-refractivity contribution is -0.659. The Morgan fingerprint density at radius 3 is 2.60 bits per heavy atom. The molecule has 2 heterocycles. The lowest BCUT2D eigenvalue weighted by Crippen LogP contribution is -2.36. The van der Waals surface area contributed by atoms with Crippen molar-refractivity contribution in [2.45, 2.75) is 33.7 Å². The van der Waals surface area contributed by atoms with Crippen molar-refractivity contribution in [2.75, 3.05) is 0 Å². The van der Waals surface area contributed by atoms with Crippen LogP contribution in [0.2, 0.25) is 0 Å². The minimum atomic E-state index is 0.331. The van der Waals surface area contributed by atoms with Crippen LogP contribution in [0.4, 0.5) is 0 Å². The van der Waals surface area contributed by atoms with E-state index in [0.717, 1.165) is 28.5 Å². The number of hydrogen-bond acceptors (Lipinski definition) is 2. The Bertz CT molecular complexity index is 976. The summed E-state index contributed by atoms with van der Waals surface area (Å²) in [6.45, 7) is 8.39. The second kappa shape index (κ2) is 6.48. The number of aromatic nitrogens is 4. The number of aryl methyl sites for hydroxylation is 2. The molecule has 0 amide bonds. The topological polar surface area (TPSA) is 49.4 Å². The molecule has 0 aliphatic rings. The zero-order valence-corrected chi connectivity index (χ0v) is 15.4. The van der Waals surface area contributed by atoms with Crippen molar-refractivity contribution in [3.63, 3.8) is 0 Å². The van der Waals surface area contributed by atoms with Gasteiger partial charge >= 0.3 is 0 Å². The maximum Gasteiger partial charge on any atom is 0.300 e. The summed E-state index contributed by atoms with van der Waals surface area (Å²) in [6.07, 6.45) is 7.90.